The quantitative estimate of drug-likeness (QED) is 0.895. The van der Waals surface area contributed by atoms with E-state index in [1.165, 1.54) is 0 Å². The first-order chi connectivity index (χ1) is 9.97. The fourth-order valence-electron chi connectivity index (χ4n) is 2.44. The molecule has 1 aromatic carbocycles. The molecule has 5 heteroatoms. The summed E-state index contributed by atoms with van der Waals surface area (Å²) < 4.78 is 0. The monoisotopic (exact) mass is 290 g/mol. The van der Waals surface area contributed by atoms with Crippen molar-refractivity contribution in [2.45, 2.75) is 33.2 Å². The Morgan fingerprint density at radius 1 is 1.33 bits per heavy atom. The highest BCUT2D eigenvalue weighted by Gasteiger charge is 2.21. The summed E-state index contributed by atoms with van der Waals surface area (Å²) in [4.78, 5) is 24.9. The molecule has 0 saturated heterocycles. The van der Waals surface area contributed by atoms with Gasteiger partial charge in [-0.1, -0.05) is 19.9 Å². The molecular weight excluding hydrogens is 268 g/mol. The zero-order chi connectivity index (χ0) is 15.4. The van der Waals surface area contributed by atoms with Crippen molar-refractivity contribution in [2.24, 2.45) is 5.92 Å². The van der Waals surface area contributed by atoms with E-state index in [-0.39, 0.29) is 11.6 Å². The average Bonchev–Trinajstić information content (AvgIpc) is 2.45. The molecule has 1 aliphatic rings. The van der Waals surface area contributed by atoms with Crippen LogP contribution in [0.25, 0.3) is 0 Å². The van der Waals surface area contributed by atoms with Crippen LogP contribution in [0, 0.1) is 5.92 Å². The smallest absolute Gasteiger partial charge is 0.335 e. The van der Waals surface area contributed by atoms with Gasteiger partial charge in [-0.15, -0.1) is 0 Å². The molecule has 0 aromatic heterocycles. The Morgan fingerprint density at radius 2 is 2.10 bits per heavy atom. The van der Waals surface area contributed by atoms with Crippen LogP contribution >= 0.6 is 0 Å². The summed E-state index contributed by atoms with van der Waals surface area (Å²) in [6, 6.07) is 5.08. The van der Waals surface area contributed by atoms with Crippen molar-refractivity contribution in [1.29, 1.82) is 0 Å². The fraction of sp³-hybridized carbons (Fsp3) is 0.500. The molecule has 1 heterocycles. The summed E-state index contributed by atoms with van der Waals surface area (Å²) in [5, 5.41) is 12.0. The number of carboxylic acid groups (broad SMARTS) is 1. The third kappa shape index (κ3) is 3.97. The van der Waals surface area contributed by atoms with Gasteiger partial charge in [-0.25, -0.2) is 9.59 Å². The summed E-state index contributed by atoms with van der Waals surface area (Å²) in [5.41, 5.74) is 2.34. The molecule has 5 nitrogen and oxygen atoms in total. The first kappa shape index (κ1) is 15.4. The Hall–Kier alpha value is -2.04. The summed E-state index contributed by atoms with van der Waals surface area (Å²) in [6.07, 6.45) is 1.73. The van der Waals surface area contributed by atoms with Crippen molar-refractivity contribution in [3.8, 4) is 0 Å². The van der Waals surface area contributed by atoms with Gasteiger partial charge in [0.2, 0.25) is 0 Å². The van der Waals surface area contributed by atoms with Gasteiger partial charge in [-0.05, 0) is 42.0 Å². The average molecular weight is 290 g/mol. The second kappa shape index (κ2) is 6.61. The Morgan fingerprint density at radius 3 is 2.76 bits per heavy atom. The van der Waals surface area contributed by atoms with Crippen LogP contribution in [0.5, 0.6) is 0 Å². The Labute approximate surface area is 125 Å². The van der Waals surface area contributed by atoms with Crippen LogP contribution in [0.4, 0.5) is 4.79 Å². The molecule has 0 fully saturated rings. The van der Waals surface area contributed by atoms with Crippen molar-refractivity contribution in [2.75, 3.05) is 13.1 Å². The lowest BCUT2D eigenvalue weighted by Gasteiger charge is -2.29. The van der Waals surface area contributed by atoms with Crippen LogP contribution in [0.1, 0.15) is 41.8 Å². The number of nitrogens with zero attached hydrogens (tertiary/aromatic N) is 1. The number of hydrogen-bond acceptors (Lipinski definition) is 2. The van der Waals surface area contributed by atoms with Gasteiger partial charge < -0.3 is 15.3 Å². The molecule has 114 valence electrons. The minimum Gasteiger partial charge on any atom is -0.478 e. The van der Waals surface area contributed by atoms with Gasteiger partial charge in [0.25, 0.3) is 0 Å². The molecule has 0 unspecified atom stereocenters. The van der Waals surface area contributed by atoms with Crippen LogP contribution in [-0.2, 0) is 13.0 Å². The molecule has 2 rings (SSSR count). The maximum Gasteiger partial charge on any atom is 0.335 e. The predicted molar refractivity (Wildman–Crippen MR) is 80.4 cm³/mol. The van der Waals surface area contributed by atoms with Crippen molar-refractivity contribution in [1.82, 2.24) is 10.2 Å². The van der Waals surface area contributed by atoms with E-state index >= 15 is 0 Å². The Balaban J connectivity index is 1.99. The lowest BCUT2D eigenvalue weighted by Crippen LogP contribution is -2.43. The number of aromatic carboxylic acids is 1. The molecular formula is C16H22N2O3. The predicted octanol–water partition coefficient (Wildman–Crippen LogP) is 2.50. The van der Waals surface area contributed by atoms with Crippen LogP contribution in [0.15, 0.2) is 18.2 Å². The van der Waals surface area contributed by atoms with Gasteiger partial charge in [0, 0.05) is 19.6 Å². The first-order valence-electron chi connectivity index (χ1n) is 7.35. The summed E-state index contributed by atoms with van der Waals surface area (Å²) in [5.74, 6) is -0.373. The fourth-order valence-corrected chi connectivity index (χ4v) is 2.44. The second-order valence-corrected chi connectivity index (χ2v) is 5.87. The van der Waals surface area contributed by atoms with Gasteiger partial charge in [0.15, 0.2) is 0 Å². The first-order valence-corrected chi connectivity index (χ1v) is 7.35. The molecule has 1 aromatic rings. The number of hydrogen-bond donors (Lipinski definition) is 2. The maximum absolute atomic E-state index is 12.1. The molecule has 0 saturated carbocycles. The van der Waals surface area contributed by atoms with E-state index in [1.54, 1.807) is 17.0 Å². The summed E-state index contributed by atoms with van der Waals surface area (Å²) >= 11 is 0. The normalized spacial score (nSPS) is 14.0. The zero-order valence-corrected chi connectivity index (χ0v) is 12.6. The lowest BCUT2D eigenvalue weighted by atomic mass is 9.97. The highest BCUT2D eigenvalue weighted by atomic mass is 16.4. The van der Waals surface area contributed by atoms with Gasteiger partial charge in [0.05, 0.1) is 5.56 Å². The van der Waals surface area contributed by atoms with E-state index in [4.69, 9.17) is 5.11 Å². The minimum absolute atomic E-state index is 0.0676. The van der Waals surface area contributed by atoms with Gasteiger partial charge in [0.1, 0.15) is 0 Å². The van der Waals surface area contributed by atoms with Crippen molar-refractivity contribution in [3.05, 3.63) is 34.9 Å². The van der Waals surface area contributed by atoms with E-state index in [2.05, 4.69) is 19.2 Å². The van der Waals surface area contributed by atoms with Crippen molar-refractivity contribution >= 4 is 12.0 Å². The van der Waals surface area contributed by atoms with Crippen LogP contribution < -0.4 is 5.32 Å². The molecule has 1 aliphatic heterocycles. The maximum atomic E-state index is 12.1. The minimum atomic E-state index is -0.934. The molecule has 2 N–H and O–H groups in total. The van der Waals surface area contributed by atoms with E-state index < -0.39 is 5.97 Å². The third-order valence-corrected chi connectivity index (χ3v) is 3.75. The van der Waals surface area contributed by atoms with Gasteiger partial charge in [-0.3, -0.25) is 0 Å². The number of urea groups is 1. The van der Waals surface area contributed by atoms with Crippen LogP contribution in [0.2, 0.25) is 0 Å². The zero-order valence-electron chi connectivity index (χ0n) is 12.6. The van der Waals surface area contributed by atoms with E-state index in [9.17, 15) is 9.59 Å². The van der Waals surface area contributed by atoms with Crippen molar-refractivity contribution < 1.29 is 14.7 Å². The number of amides is 2. The van der Waals surface area contributed by atoms with Crippen LogP contribution in [-0.4, -0.2) is 35.1 Å². The molecule has 0 aliphatic carbocycles. The van der Waals surface area contributed by atoms with E-state index in [0.29, 0.717) is 25.6 Å². The number of carbonyl (C=O) groups excluding carboxylic acids is 1. The molecule has 0 atom stereocenters. The number of carboxylic acids is 1. The van der Waals surface area contributed by atoms with E-state index in [0.717, 1.165) is 24.0 Å². The SMILES string of the molecule is CC(C)CCNC(=O)N1CCc2ccc(C(=O)O)cc2C1. The number of carbonyl (C=O) groups is 2. The van der Waals surface area contributed by atoms with Gasteiger partial charge >= 0.3 is 12.0 Å². The standard InChI is InChI=1S/C16H22N2O3/c1-11(2)5-7-17-16(21)18-8-6-12-3-4-13(15(19)20)9-14(12)10-18/h3-4,9,11H,5-8,10H2,1-2H3,(H,17,21)(H,19,20). The molecule has 21 heavy (non-hydrogen) atoms. The van der Waals surface area contributed by atoms with E-state index in [1.807, 2.05) is 6.07 Å². The molecule has 0 radical (unpaired) electrons. The number of rotatable bonds is 4. The Bertz CT molecular complexity index is 540. The largest absolute Gasteiger partial charge is 0.478 e. The molecule has 0 bridgehead atoms. The van der Waals surface area contributed by atoms with Crippen molar-refractivity contribution in [3.63, 3.8) is 0 Å². The number of benzene rings is 1. The van der Waals surface area contributed by atoms with Crippen LogP contribution in [0.3, 0.4) is 0 Å². The highest BCUT2D eigenvalue weighted by Crippen LogP contribution is 2.20. The Kier molecular flexibility index (Phi) is 4.83. The summed E-state index contributed by atoms with van der Waals surface area (Å²) in [7, 11) is 0. The lowest BCUT2D eigenvalue weighted by molar-refractivity contribution is 0.0696. The highest BCUT2D eigenvalue weighted by molar-refractivity contribution is 5.88. The molecule has 0 spiro atoms. The van der Waals surface area contributed by atoms with Gasteiger partial charge in [-0.2, -0.15) is 0 Å². The number of nitrogens with one attached hydrogen (secondary N) is 1. The topological polar surface area (TPSA) is 69.6 Å². The second-order valence-electron chi connectivity index (χ2n) is 5.87. The summed E-state index contributed by atoms with van der Waals surface area (Å²) in [6.45, 7) is 6.07. The molecule has 2 amide bonds. The third-order valence-electron chi connectivity index (χ3n) is 3.75. The number of fused-ring (bicyclic) bond motifs is 1.